The van der Waals surface area contributed by atoms with E-state index in [2.05, 4.69) is 126 Å². The van der Waals surface area contributed by atoms with Crippen LogP contribution in [-0.2, 0) is 0 Å². The Kier molecular flexibility index (Phi) is 13.7. The van der Waals surface area contributed by atoms with Gasteiger partial charge >= 0.3 is 0 Å². The van der Waals surface area contributed by atoms with Gasteiger partial charge in [-0.15, -0.1) is 0 Å². The molecule has 0 aliphatic rings. The normalized spacial score (nSPS) is 11.0. The molecule has 0 amide bonds. The van der Waals surface area contributed by atoms with Gasteiger partial charge in [0.15, 0.2) is 0 Å². The van der Waals surface area contributed by atoms with Crippen LogP contribution >= 0.6 is 0 Å². The minimum atomic E-state index is 0.686. The minimum absolute atomic E-state index is 0.686. The molecule has 30 heavy (non-hydrogen) atoms. The SMILES string of the molecule is CC(C)CC(C)C.Cc1cccc(C)c1.Cc1cccc(C)c1C(C(C)C)C(C)C. The molecular weight excluding hydrogens is 360 g/mol. The molecule has 0 bridgehead atoms. The van der Waals surface area contributed by atoms with Crippen LogP contribution in [0.1, 0.15) is 95.5 Å². The van der Waals surface area contributed by atoms with Crippen LogP contribution in [0.3, 0.4) is 0 Å². The van der Waals surface area contributed by atoms with Crippen molar-refractivity contribution in [1.29, 1.82) is 0 Å². The fourth-order valence-electron chi connectivity index (χ4n) is 4.54. The second-order valence-corrected chi connectivity index (χ2v) is 10.5. The van der Waals surface area contributed by atoms with Crippen molar-refractivity contribution < 1.29 is 0 Å². The molecular formula is C30H50. The van der Waals surface area contributed by atoms with Gasteiger partial charge in [-0.2, -0.15) is 0 Å². The summed E-state index contributed by atoms with van der Waals surface area (Å²) in [4.78, 5) is 0. The first-order chi connectivity index (χ1) is 13.9. The van der Waals surface area contributed by atoms with E-state index in [0.29, 0.717) is 17.8 Å². The summed E-state index contributed by atoms with van der Waals surface area (Å²) in [6.07, 6.45) is 1.36. The third-order valence-electron chi connectivity index (χ3n) is 5.43. The third-order valence-corrected chi connectivity index (χ3v) is 5.43. The Hall–Kier alpha value is -1.56. The van der Waals surface area contributed by atoms with Crippen molar-refractivity contribution in [2.75, 3.05) is 0 Å². The molecule has 0 atom stereocenters. The Morgan fingerprint density at radius 3 is 1.17 bits per heavy atom. The van der Waals surface area contributed by atoms with Crippen LogP contribution in [0.4, 0.5) is 0 Å². The molecule has 0 aliphatic heterocycles. The maximum Gasteiger partial charge on any atom is -0.0111 e. The molecule has 0 radical (unpaired) electrons. The lowest BCUT2D eigenvalue weighted by Gasteiger charge is -2.28. The molecule has 0 saturated heterocycles. The minimum Gasteiger partial charge on any atom is -0.0628 e. The third kappa shape index (κ3) is 11.6. The molecule has 0 spiro atoms. The van der Waals surface area contributed by atoms with Gasteiger partial charge in [0.1, 0.15) is 0 Å². The highest BCUT2D eigenvalue weighted by molar-refractivity contribution is 5.37. The highest BCUT2D eigenvalue weighted by atomic mass is 14.3. The Labute approximate surface area is 189 Å². The van der Waals surface area contributed by atoms with E-state index in [0.717, 1.165) is 11.8 Å². The van der Waals surface area contributed by atoms with Crippen LogP contribution in [0.25, 0.3) is 0 Å². The fourth-order valence-corrected chi connectivity index (χ4v) is 4.54. The van der Waals surface area contributed by atoms with E-state index < -0.39 is 0 Å². The lowest BCUT2D eigenvalue weighted by molar-refractivity contribution is 0.385. The van der Waals surface area contributed by atoms with Crippen molar-refractivity contribution in [1.82, 2.24) is 0 Å². The largest absolute Gasteiger partial charge is 0.0628 e. The summed E-state index contributed by atoms with van der Waals surface area (Å²) in [6, 6.07) is 15.1. The zero-order valence-corrected chi connectivity index (χ0v) is 22.1. The lowest BCUT2D eigenvalue weighted by atomic mass is 9.77. The zero-order valence-electron chi connectivity index (χ0n) is 22.1. The van der Waals surface area contributed by atoms with Gasteiger partial charge in [0, 0.05) is 0 Å². The molecule has 0 aromatic heterocycles. The van der Waals surface area contributed by atoms with E-state index in [4.69, 9.17) is 0 Å². The van der Waals surface area contributed by atoms with Gasteiger partial charge in [-0.05, 0) is 80.4 Å². The number of hydrogen-bond donors (Lipinski definition) is 0. The van der Waals surface area contributed by atoms with E-state index in [-0.39, 0.29) is 0 Å². The van der Waals surface area contributed by atoms with Crippen molar-refractivity contribution in [3.8, 4) is 0 Å². The van der Waals surface area contributed by atoms with Crippen molar-refractivity contribution in [3.63, 3.8) is 0 Å². The van der Waals surface area contributed by atoms with Crippen LogP contribution in [0.2, 0.25) is 0 Å². The average Bonchev–Trinajstić information content (AvgIpc) is 2.57. The summed E-state index contributed by atoms with van der Waals surface area (Å²) in [6.45, 7) is 27.1. The first-order valence-electron chi connectivity index (χ1n) is 12.0. The maximum atomic E-state index is 2.33. The van der Waals surface area contributed by atoms with Crippen molar-refractivity contribution >= 4 is 0 Å². The summed E-state index contributed by atoms with van der Waals surface area (Å²) in [5, 5.41) is 0. The van der Waals surface area contributed by atoms with Crippen LogP contribution in [-0.4, -0.2) is 0 Å². The second-order valence-electron chi connectivity index (χ2n) is 10.5. The molecule has 2 rings (SSSR count). The molecule has 0 heterocycles. The van der Waals surface area contributed by atoms with Crippen LogP contribution in [0.5, 0.6) is 0 Å². The fraction of sp³-hybridized carbons (Fsp3) is 0.600. The monoisotopic (exact) mass is 410 g/mol. The average molecular weight is 411 g/mol. The number of aryl methyl sites for hydroxylation is 4. The number of hydrogen-bond acceptors (Lipinski definition) is 0. The predicted molar refractivity (Wildman–Crippen MR) is 139 cm³/mol. The Balaban J connectivity index is 0.000000471. The van der Waals surface area contributed by atoms with Gasteiger partial charge in [0.25, 0.3) is 0 Å². The van der Waals surface area contributed by atoms with Crippen LogP contribution < -0.4 is 0 Å². The summed E-state index contributed by atoms with van der Waals surface area (Å²) in [5.74, 6) is 3.86. The Morgan fingerprint density at radius 2 is 0.933 bits per heavy atom. The first-order valence-corrected chi connectivity index (χ1v) is 12.0. The van der Waals surface area contributed by atoms with Crippen molar-refractivity contribution in [2.45, 2.75) is 95.4 Å². The van der Waals surface area contributed by atoms with Gasteiger partial charge in [0.05, 0.1) is 0 Å². The predicted octanol–water partition coefficient (Wildman–Crippen LogP) is 9.69. The number of benzene rings is 2. The van der Waals surface area contributed by atoms with Gasteiger partial charge in [-0.25, -0.2) is 0 Å². The van der Waals surface area contributed by atoms with Crippen molar-refractivity contribution in [2.24, 2.45) is 23.7 Å². The molecule has 0 unspecified atom stereocenters. The van der Waals surface area contributed by atoms with E-state index in [9.17, 15) is 0 Å². The number of rotatable bonds is 5. The topological polar surface area (TPSA) is 0 Å². The van der Waals surface area contributed by atoms with E-state index >= 15 is 0 Å². The summed E-state index contributed by atoms with van der Waals surface area (Å²) < 4.78 is 0. The molecule has 0 heteroatoms. The molecule has 0 N–H and O–H groups in total. The molecule has 2 aromatic rings. The van der Waals surface area contributed by atoms with Crippen LogP contribution in [0.15, 0.2) is 42.5 Å². The van der Waals surface area contributed by atoms with E-state index in [1.54, 1.807) is 5.56 Å². The quantitative estimate of drug-likeness (QED) is 0.460. The molecule has 0 fully saturated rings. The summed E-state index contributed by atoms with van der Waals surface area (Å²) in [7, 11) is 0. The Morgan fingerprint density at radius 1 is 0.567 bits per heavy atom. The van der Waals surface area contributed by atoms with E-state index in [1.807, 2.05) is 0 Å². The molecule has 0 saturated carbocycles. The highest BCUT2D eigenvalue weighted by Gasteiger charge is 2.22. The first kappa shape index (κ1) is 28.4. The van der Waals surface area contributed by atoms with Crippen LogP contribution in [0, 0.1) is 51.4 Å². The maximum absolute atomic E-state index is 2.33. The van der Waals surface area contributed by atoms with Crippen molar-refractivity contribution in [3.05, 3.63) is 70.3 Å². The van der Waals surface area contributed by atoms with Gasteiger partial charge in [-0.1, -0.05) is 109 Å². The molecule has 0 aliphatic carbocycles. The Bertz CT molecular complexity index is 652. The molecule has 2 aromatic carbocycles. The van der Waals surface area contributed by atoms with Gasteiger partial charge in [-0.3, -0.25) is 0 Å². The lowest BCUT2D eigenvalue weighted by Crippen LogP contribution is -2.16. The standard InChI is InChI=1S/C15H24.C8H10.C7H16/c1-10(2)14(11(3)4)15-12(5)8-7-9-13(15)6;1-7-4-3-5-8(2)6-7;1-6(2)5-7(3)4/h7-11,14H,1-6H3;3-6H,1-2H3;6-7H,5H2,1-4H3. The zero-order chi connectivity index (χ0) is 23.4. The summed E-state index contributed by atoms with van der Waals surface area (Å²) in [5.41, 5.74) is 7.14. The second kappa shape index (κ2) is 14.4. The van der Waals surface area contributed by atoms with Gasteiger partial charge < -0.3 is 0 Å². The van der Waals surface area contributed by atoms with E-state index in [1.165, 1.54) is 28.7 Å². The molecule has 0 nitrogen and oxygen atoms in total. The smallest absolute Gasteiger partial charge is 0.0111 e. The highest BCUT2D eigenvalue weighted by Crippen LogP contribution is 2.35. The van der Waals surface area contributed by atoms with Gasteiger partial charge in [0.2, 0.25) is 0 Å². The summed E-state index contributed by atoms with van der Waals surface area (Å²) >= 11 is 0. The molecule has 170 valence electrons.